The van der Waals surface area contributed by atoms with Gasteiger partial charge in [-0.15, -0.1) is 0 Å². The minimum absolute atomic E-state index is 0.0395. The summed E-state index contributed by atoms with van der Waals surface area (Å²) in [6.07, 6.45) is 4.25. The molecule has 1 saturated heterocycles. The van der Waals surface area contributed by atoms with E-state index in [1.54, 1.807) is 29.0 Å². The van der Waals surface area contributed by atoms with Crippen molar-refractivity contribution in [2.24, 2.45) is 27.2 Å². The van der Waals surface area contributed by atoms with Crippen LogP contribution in [0, 0.1) is 22.2 Å². The number of fused-ring (bicyclic) bond motifs is 2. The van der Waals surface area contributed by atoms with Crippen molar-refractivity contribution < 1.29 is 23.2 Å². The second-order valence-electron chi connectivity index (χ2n) is 14.1. The lowest BCUT2D eigenvalue weighted by atomic mass is 9.70. The molecule has 3 fully saturated rings. The van der Waals surface area contributed by atoms with Crippen molar-refractivity contribution in [2.45, 2.75) is 112 Å². The van der Waals surface area contributed by atoms with Gasteiger partial charge in [0, 0.05) is 29.2 Å². The molecule has 1 aliphatic heterocycles. The van der Waals surface area contributed by atoms with Gasteiger partial charge in [-0.05, 0) is 75.8 Å². The number of likely N-dealkylation sites (N-methyl/N-ethyl adjacent to an activating group) is 1. The quantitative estimate of drug-likeness (QED) is 0.247. The standard InChI is InChI=1S/C33H52N3O5P/c1-10-40-42(39,41-11-2)27(34-26-22-24-20-21-33(26,8)32(24,6)7)19-15-18-25-29(38)35(9)30(31(3,4)5)36(25)28(37)23-16-13-12-14-17-23/h12-14,16-17,24-25,27,30H,10-11,15,18-22H2,1-9H3/b34-26+/t24-,25+,27+,30+,33+/m1/s1. The van der Waals surface area contributed by atoms with Gasteiger partial charge in [-0.1, -0.05) is 59.7 Å². The molecule has 2 aliphatic carbocycles. The zero-order valence-electron chi connectivity index (χ0n) is 27.2. The lowest BCUT2D eigenvalue weighted by molar-refractivity contribution is -0.129. The fourth-order valence-electron chi connectivity index (χ4n) is 7.73. The van der Waals surface area contributed by atoms with Gasteiger partial charge in [0.25, 0.3) is 5.91 Å². The molecule has 2 bridgehead atoms. The van der Waals surface area contributed by atoms with E-state index in [9.17, 15) is 14.2 Å². The van der Waals surface area contributed by atoms with E-state index in [4.69, 9.17) is 14.0 Å². The first kappa shape index (κ1) is 32.9. The number of carbonyl (C=O) groups excluding carboxylic acids is 2. The minimum Gasteiger partial charge on any atom is -0.323 e. The molecule has 5 atom stereocenters. The van der Waals surface area contributed by atoms with Crippen LogP contribution in [-0.2, 0) is 18.4 Å². The maximum absolute atomic E-state index is 14.2. The number of benzene rings is 1. The fraction of sp³-hybridized carbons (Fsp3) is 0.727. The molecule has 3 aliphatic rings. The van der Waals surface area contributed by atoms with Crippen molar-refractivity contribution in [1.82, 2.24) is 9.80 Å². The van der Waals surface area contributed by atoms with Gasteiger partial charge >= 0.3 is 7.60 Å². The predicted molar refractivity (Wildman–Crippen MR) is 168 cm³/mol. The topological polar surface area (TPSA) is 88.5 Å². The summed E-state index contributed by atoms with van der Waals surface area (Å²) in [5.41, 5.74) is 1.44. The Hall–Kier alpha value is -2.02. The molecule has 0 radical (unpaired) electrons. The highest BCUT2D eigenvalue weighted by Crippen LogP contribution is 2.65. The molecule has 1 heterocycles. The first-order chi connectivity index (χ1) is 19.6. The molecule has 2 saturated carbocycles. The molecule has 0 aromatic heterocycles. The molecular weight excluding hydrogens is 549 g/mol. The van der Waals surface area contributed by atoms with Gasteiger partial charge in [0.2, 0.25) is 5.91 Å². The van der Waals surface area contributed by atoms with Crippen molar-refractivity contribution in [3.63, 3.8) is 0 Å². The summed E-state index contributed by atoms with van der Waals surface area (Å²) in [6, 6.07) is 8.55. The predicted octanol–water partition coefficient (Wildman–Crippen LogP) is 7.39. The van der Waals surface area contributed by atoms with Gasteiger partial charge in [-0.3, -0.25) is 19.1 Å². The lowest BCUT2D eigenvalue weighted by Gasteiger charge is -2.39. The Morgan fingerprint density at radius 2 is 1.74 bits per heavy atom. The number of aliphatic imine (C=N–C) groups is 1. The van der Waals surface area contributed by atoms with Crippen LogP contribution in [0.25, 0.3) is 0 Å². The van der Waals surface area contributed by atoms with Crippen LogP contribution in [0.3, 0.4) is 0 Å². The fourth-order valence-corrected chi connectivity index (χ4v) is 9.65. The van der Waals surface area contributed by atoms with E-state index >= 15 is 0 Å². The highest BCUT2D eigenvalue weighted by molar-refractivity contribution is 7.54. The molecule has 0 unspecified atom stereocenters. The second-order valence-corrected chi connectivity index (χ2v) is 16.3. The van der Waals surface area contributed by atoms with Crippen LogP contribution < -0.4 is 0 Å². The van der Waals surface area contributed by atoms with Crippen molar-refractivity contribution in [3.05, 3.63) is 35.9 Å². The normalized spacial score (nSPS) is 29.1. The van der Waals surface area contributed by atoms with Gasteiger partial charge < -0.3 is 18.8 Å². The first-order valence-corrected chi connectivity index (χ1v) is 17.3. The monoisotopic (exact) mass is 601 g/mol. The van der Waals surface area contributed by atoms with E-state index in [0.717, 1.165) is 18.6 Å². The van der Waals surface area contributed by atoms with E-state index in [0.29, 0.717) is 30.7 Å². The molecular formula is C33H52N3O5P. The van der Waals surface area contributed by atoms with Gasteiger partial charge in [0.1, 0.15) is 12.2 Å². The Morgan fingerprint density at radius 1 is 1.12 bits per heavy atom. The lowest BCUT2D eigenvalue weighted by Crippen LogP contribution is -2.50. The third-order valence-corrected chi connectivity index (χ3v) is 12.7. The molecule has 2 amide bonds. The summed E-state index contributed by atoms with van der Waals surface area (Å²) in [4.78, 5) is 36.2. The van der Waals surface area contributed by atoms with Crippen LogP contribution in [-0.4, -0.2) is 65.6 Å². The second kappa shape index (κ2) is 12.2. The molecule has 1 aromatic carbocycles. The largest absolute Gasteiger partial charge is 0.354 e. The number of rotatable bonds is 11. The van der Waals surface area contributed by atoms with E-state index in [1.165, 1.54) is 6.42 Å². The molecule has 9 heteroatoms. The summed E-state index contributed by atoms with van der Waals surface area (Å²) < 4.78 is 25.8. The number of nitrogens with zero attached hydrogens (tertiary/aromatic N) is 3. The van der Waals surface area contributed by atoms with Crippen LogP contribution in [0.4, 0.5) is 0 Å². The summed E-state index contributed by atoms with van der Waals surface area (Å²) in [5.74, 6) is -0.298. The minimum atomic E-state index is -3.55. The molecule has 234 valence electrons. The Morgan fingerprint density at radius 3 is 2.24 bits per heavy atom. The first-order valence-electron chi connectivity index (χ1n) is 15.7. The Labute approximate surface area is 253 Å². The van der Waals surface area contributed by atoms with Crippen LogP contribution >= 0.6 is 7.60 Å². The van der Waals surface area contributed by atoms with Crippen molar-refractivity contribution in [2.75, 3.05) is 20.3 Å². The van der Waals surface area contributed by atoms with Crippen LogP contribution in [0.5, 0.6) is 0 Å². The maximum atomic E-state index is 14.2. The molecule has 4 rings (SSSR count). The molecule has 42 heavy (non-hydrogen) atoms. The number of hydrogen-bond donors (Lipinski definition) is 0. The van der Waals surface area contributed by atoms with E-state index in [2.05, 4.69) is 41.5 Å². The summed E-state index contributed by atoms with van der Waals surface area (Å²) in [7, 11) is -1.76. The number of amides is 2. The Kier molecular flexibility index (Phi) is 9.53. The molecule has 8 nitrogen and oxygen atoms in total. The van der Waals surface area contributed by atoms with E-state index in [1.807, 2.05) is 32.0 Å². The summed E-state index contributed by atoms with van der Waals surface area (Å²) >= 11 is 0. The Bertz CT molecular complexity index is 1220. The third kappa shape index (κ3) is 5.76. The number of carbonyl (C=O) groups is 2. The SMILES string of the molecule is CCOP(=O)(OCC)[C@@H](CCC[C@H]1C(=O)N(C)[C@H](C(C)(C)C)N1C(=O)c1ccccc1)/N=C1\C[C@H]2CC[C@]1(C)C2(C)C. The van der Waals surface area contributed by atoms with Gasteiger partial charge in [-0.25, -0.2) is 0 Å². The van der Waals surface area contributed by atoms with E-state index in [-0.39, 0.29) is 47.4 Å². The highest BCUT2D eigenvalue weighted by Gasteiger charge is 2.60. The Balaban J connectivity index is 1.62. The zero-order chi connectivity index (χ0) is 31.1. The van der Waals surface area contributed by atoms with Gasteiger partial charge in [0.05, 0.1) is 13.2 Å². The molecule has 1 aromatic rings. The summed E-state index contributed by atoms with van der Waals surface area (Å²) in [5, 5.41) is 0. The van der Waals surface area contributed by atoms with Crippen LogP contribution in [0.2, 0.25) is 0 Å². The van der Waals surface area contributed by atoms with Crippen LogP contribution in [0.1, 0.15) is 104 Å². The highest BCUT2D eigenvalue weighted by atomic mass is 31.2. The number of hydrogen-bond acceptors (Lipinski definition) is 6. The molecule has 0 spiro atoms. The third-order valence-electron chi connectivity index (χ3n) is 10.4. The zero-order valence-corrected chi connectivity index (χ0v) is 28.1. The van der Waals surface area contributed by atoms with Gasteiger partial charge in [-0.2, -0.15) is 0 Å². The van der Waals surface area contributed by atoms with Crippen molar-refractivity contribution in [3.8, 4) is 0 Å². The molecule has 0 N–H and O–H groups in total. The average Bonchev–Trinajstić information content (AvgIpc) is 3.39. The van der Waals surface area contributed by atoms with E-state index < -0.39 is 19.4 Å². The van der Waals surface area contributed by atoms with Crippen molar-refractivity contribution in [1.29, 1.82) is 0 Å². The summed E-state index contributed by atoms with van der Waals surface area (Å²) in [6.45, 7) is 17.3. The van der Waals surface area contributed by atoms with Gasteiger partial charge in [0.15, 0.2) is 5.78 Å². The maximum Gasteiger partial charge on any atom is 0.354 e. The van der Waals surface area contributed by atoms with Crippen molar-refractivity contribution >= 4 is 25.1 Å². The average molecular weight is 602 g/mol. The van der Waals surface area contributed by atoms with Crippen LogP contribution in [0.15, 0.2) is 35.3 Å². The smallest absolute Gasteiger partial charge is 0.323 e.